The van der Waals surface area contributed by atoms with Crippen molar-refractivity contribution in [3.8, 4) is 0 Å². The minimum atomic E-state index is -3.72. The normalized spacial score (nSPS) is 13.2. The van der Waals surface area contributed by atoms with Crippen molar-refractivity contribution in [1.82, 2.24) is 19.9 Å². The Kier molecular flexibility index (Phi) is 3.79. The number of sulfonamides is 1. The van der Waals surface area contributed by atoms with Gasteiger partial charge in [-0.3, -0.25) is 5.10 Å². The SMILES string of the molecule is CC(NS(=O)(=O)c1cccnc1NN)c1cn[nH]c1. The summed E-state index contributed by atoms with van der Waals surface area (Å²) < 4.78 is 27.0. The van der Waals surface area contributed by atoms with E-state index in [0.29, 0.717) is 0 Å². The summed E-state index contributed by atoms with van der Waals surface area (Å²) in [6.45, 7) is 1.72. The molecule has 0 aliphatic heterocycles. The number of H-pyrrole nitrogens is 1. The van der Waals surface area contributed by atoms with Crippen LogP contribution in [-0.4, -0.2) is 23.6 Å². The second-order valence-corrected chi connectivity index (χ2v) is 5.55. The van der Waals surface area contributed by atoms with Gasteiger partial charge in [0.05, 0.1) is 6.20 Å². The van der Waals surface area contributed by atoms with E-state index in [2.05, 4.69) is 25.3 Å². The fraction of sp³-hybridized carbons (Fsp3) is 0.200. The van der Waals surface area contributed by atoms with Gasteiger partial charge in [-0.1, -0.05) is 0 Å². The van der Waals surface area contributed by atoms with Crippen molar-refractivity contribution in [3.63, 3.8) is 0 Å². The lowest BCUT2D eigenvalue weighted by atomic mass is 10.2. The van der Waals surface area contributed by atoms with Crippen molar-refractivity contribution >= 4 is 15.8 Å². The van der Waals surface area contributed by atoms with Crippen molar-refractivity contribution < 1.29 is 8.42 Å². The Balaban J connectivity index is 2.28. The Morgan fingerprint density at radius 1 is 1.47 bits per heavy atom. The highest BCUT2D eigenvalue weighted by Crippen LogP contribution is 2.20. The molecule has 19 heavy (non-hydrogen) atoms. The number of nitrogens with one attached hydrogen (secondary N) is 3. The summed E-state index contributed by atoms with van der Waals surface area (Å²) in [5.74, 6) is 5.35. The molecule has 1 atom stereocenters. The predicted molar refractivity (Wildman–Crippen MR) is 69.4 cm³/mol. The van der Waals surface area contributed by atoms with Crippen LogP contribution in [0.2, 0.25) is 0 Å². The molecule has 0 aliphatic carbocycles. The van der Waals surface area contributed by atoms with E-state index < -0.39 is 16.1 Å². The highest BCUT2D eigenvalue weighted by molar-refractivity contribution is 7.89. The number of aromatic amines is 1. The summed E-state index contributed by atoms with van der Waals surface area (Å²) in [4.78, 5) is 3.85. The molecule has 0 spiro atoms. The molecule has 0 saturated heterocycles. The molecule has 0 fully saturated rings. The molecule has 0 radical (unpaired) electrons. The first-order chi connectivity index (χ1) is 9.04. The number of aromatic nitrogens is 3. The van der Waals surface area contributed by atoms with E-state index in [4.69, 9.17) is 5.84 Å². The number of anilines is 1. The molecular formula is C10H14N6O2S. The lowest BCUT2D eigenvalue weighted by Crippen LogP contribution is -2.28. The molecule has 2 heterocycles. The molecular weight excluding hydrogens is 268 g/mol. The van der Waals surface area contributed by atoms with E-state index in [9.17, 15) is 8.42 Å². The number of rotatable bonds is 5. The number of nitrogens with zero attached hydrogens (tertiary/aromatic N) is 2. The molecule has 9 heteroatoms. The standard InChI is InChI=1S/C10H14N6O2S/c1-7(8-5-13-14-6-8)16-19(17,18)9-3-2-4-12-10(9)15-11/h2-7,16H,11H2,1H3,(H,12,15)(H,13,14). The smallest absolute Gasteiger partial charge is 0.244 e. The molecule has 5 N–H and O–H groups in total. The molecule has 2 rings (SSSR count). The van der Waals surface area contributed by atoms with Crippen LogP contribution in [0, 0.1) is 0 Å². The Hall–Kier alpha value is -1.97. The van der Waals surface area contributed by atoms with Gasteiger partial charge >= 0.3 is 0 Å². The van der Waals surface area contributed by atoms with Gasteiger partial charge in [-0.25, -0.2) is 24.0 Å². The summed E-state index contributed by atoms with van der Waals surface area (Å²) in [5, 5.41) is 6.40. The van der Waals surface area contributed by atoms with Crippen molar-refractivity contribution in [2.75, 3.05) is 5.43 Å². The summed E-state index contributed by atoms with van der Waals surface area (Å²) in [7, 11) is -3.72. The molecule has 0 aromatic carbocycles. The van der Waals surface area contributed by atoms with Crippen LogP contribution in [0.3, 0.4) is 0 Å². The van der Waals surface area contributed by atoms with Crippen molar-refractivity contribution in [1.29, 1.82) is 0 Å². The van der Waals surface area contributed by atoms with E-state index in [1.54, 1.807) is 19.3 Å². The second-order valence-electron chi connectivity index (χ2n) is 3.87. The van der Waals surface area contributed by atoms with Gasteiger partial charge in [-0.2, -0.15) is 5.10 Å². The van der Waals surface area contributed by atoms with E-state index in [0.717, 1.165) is 5.56 Å². The molecule has 102 valence electrons. The van der Waals surface area contributed by atoms with Gasteiger partial charge in [0.1, 0.15) is 4.90 Å². The fourth-order valence-corrected chi connectivity index (χ4v) is 2.93. The summed E-state index contributed by atoms with van der Waals surface area (Å²) in [5.41, 5.74) is 2.99. The molecule has 0 bridgehead atoms. The largest absolute Gasteiger partial charge is 0.307 e. The van der Waals surface area contributed by atoms with Gasteiger partial charge in [0.25, 0.3) is 0 Å². The van der Waals surface area contributed by atoms with Crippen molar-refractivity contribution in [2.45, 2.75) is 17.9 Å². The van der Waals surface area contributed by atoms with Crippen LogP contribution < -0.4 is 16.0 Å². The van der Waals surface area contributed by atoms with Gasteiger partial charge in [0, 0.05) is 24.0 Å². The number of pyridine rings is 1. The van der Waals surface area contributed by atoms with Crippen LogP contribution in [0.4, 0.5) is 5.82 Å². The lowest BCUT2D eigenvalue weighted by molar-refractivity contribution is 0.567. The first-order valence-corrected chi connectivity index (χ1v) is 6.95. The van der Waals surface area contributed by atoms with Crippen LogP contribution in [0.15, 0.2) is 35.6 Å². The first-order valence-electron chi connectivity index (χ1n) is 5.47. The maximum absolute atomic E-state index is 12.2. The van der Waals surface area contributed by atoms with Gasteiger partial charge in [0.2, 0.25) is 10.0 Å². The van der Waals surface area contributed by atoms with Crippen molar-refractivity contribution in [2.24, 2.45) is 5.84 Å². The highest BCUT2D eigenvalue weighted by atomic mass is 32.2. The Labute approximate surface area is 110 Å². The minimum absolute atomic E-state index is 0.00663. The average Bonchev–Trinajstić information content (AvgIpc) is 2.92. The molecule has 8 nitrogen and oxygen atoms in total. The third-order valence-corrected chi connectivity index (χ3v) is 4.12. The number of hydrogen-bond acceptors (Lipinski definition) is 6. The predicted octanol–water partition coefficient (Wildman–Crippen LogP) is 0.130. The molecule has 0 aliphatic rings. The molecule has 0 amide bonds. The summed E-state index contributed by atoms with van der Waals surface area (Å²) in [6.07, 6.45) is 4.63. The van der Waals surface area contributed by atoms with E-state index in [1.165, 1.54) is 18.3 Å². The van der Waals surface area contributed by atoms with Crippen LogP contribution in [0.5, 0.6) is 0 Å². The quantitative estimate of drug-likeness (QED) is 0.456. The number of hydrogen-bond donors (Lipinski definition) is 4. The monoisotopic (exact) mass is 282 g/mol. The minimum Gasteiger partial charge on any atom is -0.307 e. The Morgan fingerprint density at radius 3 is 2.89 bits per heavy atom. The topological polar surface area (TPSA) is 126 Å². The average molecular weight is 282 g/mol. The van der Waals surface area contributed by atoms with Crippen molar-refractivity contribution in [3.05, 3.63) is 36.3 Å². The molecule has 2 aromatic rings. The van der Waals surface area contributed by atoms with E-state index >= 15 is 0 Å². The molecule has 2 aromatic heterocycles. The summed E-state index contributed by atoms with van der Waals surface area (Å²) in [6, 6.07) is 2.53. The van der Waals surface area contributed by atoms with Crippen LogP contribution in [-0.2, 0) is 10.0 Å². The number of nitrogen functional groups attached to an aromatic ring is 1. The third kappa shape index (κ3) is 2.89. The third-order valence-electron chi connectivity index (χ3n) is 2.55. The zero-order chi connectivity index (χ0) is 13.9. The second kappa shape index (κ2) is 5.34. The number of nitrogens with two attached hydrogens (primary N) is 1. The zero-order valence-corrected chi connectivity index (χ0v) is 11.0. The number of hydrazine groups is 1. The van der Waals surface area contributed by atoms with E-state index in [1.807, 2.05) is 0 Å². The maximum atomic E-state index is 12.2. The van der Waals surface area contributed by atoms with E-state index in [-0.39, 0.29) is 10.7 Å². The van der Waals surface area contributed by atoms with Crippen LogP contribution in [0.1, 0.15) is 18.5 Å². The maximum Gasteiger partial charge on any atom is 0.244 e. The zero-order valence-electron chi connectivity index (χ0n) is 10.2. The van der Waals surface area contributed by atoms with Gasteiger partial charge in [-0.05, 0) is 19.1 Å². The highest BCUT2D eigenvalue weighted by Gasteiger charge is 2.22. The lowest BCUT2D eigenvalue weighted by Gasteiger charge is -2.14. The van der Waals surface area contributed by atoms with Gasteiger partial charge < -0.3 is 5.43 Å². The van der Waals surface area contributed by atoms with Crippen LogP contribution in [0.25, 0.3) is 0 Å². The van der Waals surface area contributed by atoms with Gasteiger partial charge in [-0.15, -0.1) is 0 Å². The van der Waals surface area contributed by atoms with Gasteiger partial charge in [0.15, 0.2) is 5.82 Å². The first kappa shape index (κ1) is 13.5. The fourth-order valence-electron chi connectivity index (χ4n) is 1.58. The molecule has 1 unspecified atom stereocenters. The van der Waals surface area contributed by atoms with Crippen LogP contribution >= 0.6 is 0 Å². The molecule has 0 saturated carbocycles. The Bertz CT molecular complexity index is 640. The Morgan fingerprint density at radius 2 is 2.26 bits per heavy atom. The summed E-state index contributed by atoms with van der Waals surface area (Å²) >= 11 is 0.